The van der Waals surface area contributed by atoms with E-state index in [1.54, 1.807) is 4.68 Å². The number of tetrazole rings is 1. The highest BCUT2D eigenvalue weighted by Crippen LogP contribution is 2.12. The van der Waals surface area contributed by atoms with Gasteiger partial charge in [-0.05, 0) is 35.2 Å². The molecule has 2 rings (SSSR count). The molecule has 1 N–H and O–H groups in total. The average Bonchev–Trinajstić information content (AvgIpc) is 2.88. The number of para-hydroxylation sites is 1. The molecule has 0 aliphatic carbocycles. The molecule has 18 heavy (non-hydrogen) atoms. The van der Waals surface area contributed by atoms with Gasteiger partial charge in [0.05, 0.1) is 5.69 Å². The summed E-state index contributed by atoms with van der Waals surface area (Å²) in [6.45, 7) is 3.09. The Kier molecular flexibility index (Phi) is 4.58. The second-order valence-corrected chi connectivity index (χ2v) is 5.29. The van der Waals surface area contributed by atoms with Crippen LogP contribution in [0.3, 0.4) is 0 Å². The summed E-state index contributed by atoms with van der Waals surface area (Å²) in [5.74, 6) is 0.689. The van der Waals surface area contributed by atoms with Gasteiger partial charge in [-0.25, -0.2) is 0 Å². The van der Waals surface area contributed by atoms with Crippen molar-refractivity contribution in [2.45, 2.75) is 18.6 Å². The third kappa shape index (κ3) is 3.22. The maximum absolute atomic E-state index is 4.00. The molecular weight excluding hydrogens is 246 g/mol. The molecule has 0 aliphatic rings. The first-order chi connectivity index (χ1) is 8.81. The molecular formula is C12H17N5S. The van der Waals surface area contributed by atoms with E-state index in [9.17, 15) is 0 Å². The lowest BCUT2D eigenvalue weighted by molar-refractivity contribution is 0.784. The minimum atomic E-state index is 0.638. The number of nitrogens with one attached hydrogen (secondary N) is 1. The van der Waals surface area contributed by atoms with Crippen LogP contribution in [0.1, 0.15) is 13.3 Å². The smallest absolute Gasteiger partial charge is 0.247 e. The molecule has 0 spiro atoms. The molecule has 96 valence electrons. The molecule has 5 nitrogen and oxygen atoms in total. The van der Waals surface area contributed by atoms with Gasteiger partial charge >= 0.3 is 0 Å². The molecule has 0 saturated carbocycles. The Morgan fingerprint density at radius 1 is 1.33 bits per heavy atom. The van der Waals surface area contributed by atoms with Gasteiger partial charge in [0.1, 0.15) is 0 Å². The van der Waals surface area contributed by atoms with E-state index in [0.717, 1.165) is 18.7 Å². The molecule has 2 aromatic rings. The number of anilines is 1. The zero-order valence-electron chi connectivity index (χ0n) is 10.6. The molecule has 0 saturated heterocycles. The summed E-state index contributed by atoms with van der Waals surface area (Å²) in [5.41, 5.74) is 0.961. The van der Waals surface area contributed by atoms with Gasteiger partial charge in [0.15, 0.2) is 0 Å². The number of rotatable bonds is 6. The Balaban J connectivity index is 2.00. The highest BCUT2D eigenvalue weighted by atomic mass is 32.2. The standard InChI is InChI=1S/C12H17N5S/c1-10(18-2)8-9-13-12-14-15-16-17(12)11-6-4-3-5-7-11/h3-7,10H,8-9H2,1-2H3,(H,13,14,16). The largest absolute Gasteiger partial charge is 0.353 e. The van der Waals surface area contributed by atoms with Crippen molar-refractivity contribution in [3.05, 3.63) is 30.3 Å². The lowest BCUT2D eigenvalue weighted by Crippen LogP contribution is -2.12. The van der Waals surface area contributed by atoms with Gasteiger partial charge in [-0.15, -0.1) is 0 Å². The zero-order valence-corrected chi connectivity index (χ0v) is 11.4. The van der Waals surface area contributed by atoms with Crippen molar-refractivity contribution >= 4 is 17.7 Å². The molecule has 0 aliphatic heterocycles. The van der Waals surface area contributed by atoms with Crippen LogP contribution in [0.25, 0.3) is 5.69 Å². The predicted molar refractivity (Wildman–Crippen MR) is 75.2 cm³/mol. The number of thioether (sulfide) groups is 1. The Morgan fingerprint density at radius 3 is 2.83 bits per heavy atom. The molecule has 1 unspecified atom stereocenters. The van der Waals surface area contributed by atoms with Crippen LogP contribution in [0.5, 0.6) is 0 Å². The Hall–Kier alpha value is -1.56. The summed E-state index contributed by atoms with van der Waals surface area (Å²) >= 11 is 1.86. The molecule has 0 amide bonds. The van der Waals surface area contributed by atoms with E-state index in [1.807, 2.05) is 42.1 Å². The maximum atomic E-state index is 4.00. The van der Waals surface area contributed by atoms with Crippen molar-refractivity contribution in [1.29, 1.82) is 0 Å². The number of benzene rings is 1. The van der Waals surface area contributed by atoms with Crippen molar-refractivity contribution in [2.75, 3.05) is 18.1 Å². The summed E-state index contributed by atoms with van der Waals surface area (Å²) in [7, 11) is 0. The van der Waals surface area contributed by atoms with E-state index in [0.29, 0.717) is 11.2 Å². The summed E-state index contributed by atoms with van der Waals surface area (Å²) in [6, 6.07) is 9.87. The van der Waals surface area contributed by atoms with E-state index in [-0.39, 0.29) is 0 Å². The van der Waals surface area contributed by atoms with Gasteiger partial charge < -0.3 is 5.32 Å². The van der Waals surface area contributed by atoms with Crippen molar-refractivity contribution in [3.63, 3.8) is 0 Å². The summed E-state index contributed by atoms with van der Waals surface area (Å²) in [4.78, 5) is 0. The summed E-state index contributed by atoms with van der Waals surface area (Å²) in [6.07, 6.45) is 3.21. The summed E-state index contributed by atoms with van der Waals surface area (Å²) < 4.78 is 1.71. The van der Waals surface area contributed by atoms with E-state index < -0.39 is 0 Å². The first-order valence-electron chi connectivity index (χ1n) is 5.91. The number of aromatic nitrogens is 4. The topological polar surface area (TPSA) is 55.6 Å². The van der Waals surface area contributed by atoms with E-state index in [4.69, 9.17) is 0 Å². The van der Waals surface area contributed by atoms with Crippen LogP contribution in [0.2, 0.25) is 0 Å². The highest BCUT2D eigenvalue weighted by Gasteiger charge is 2.07. The first-order valence-corrected chi connectivity index (χ1v) is 7.20. The second kappa shape index (κ2) is 6.39. The van der Waals surface area contributed by atoms with Gasteiger partial charge in [-0.3, -0.25) is 0 Å². The van der Waals surface area contributed by atoms with Gasteiger partial charge in [0.2, 0.25) is 5.95 Å². The Morgan fingerprint density at radius 2 is 2.11 bits per heavy atom. The molecule has 0 radical (unpaired) electrons. The third-order valence-electron chi connectivity index (χ3n) is 2.71. The first kappa shape index (κ1) is 12.9. The fourth-order valence-electron chi connectivity index (χ4n) is 1.55. The fraction of sp³-hybridized carbons (Fsp3) is 0.417. The minimum absolute atomic E-state index is 0.638. The summed E-state index contributed by atoms with van der Waals surface area (Å²) in [5, 5.41) is 15.6. The van der Waals surface area contributed by atoms with Crippen LogP contribution in [0.15, 0.2) is 30.3 Å². The quantitative estimate of drug-likeness (QED) is 0.866. The maximum Gasteiger partial charge on any atom is 0.247 e. The third-order valence-corrected chi connectivity index (χ3v) is 3.75. The van der Waals surface area contributed by atoms with Crippen LogP contribution >= 0.6 is 11.8 Å². The van der Waals surface area contributed by atoms with Crippen LogP contribution in [0.4, 0.5) is 5.95 Å². The second-order valence-electron chi connectivity index (χ2n) is 4.01. The number of hydrogen-bond donors (Lipinski definition) is 1. The van der Waals surface area contributed by atoms with E-state index in [1.165, 1.54) is 0 Å². The average molecular weight is 263 g/mol. The van der Waals surface area contributed by atoms with E-state index in [2.05, 4.69) is 34.0 Å². The van der Waals surface area contributed by atoms with Gasteiger partial charge in [-0.2, -0.15) is 16.4 Å². The van der Waals surface area contributed by atoms with Crippen LogP contribution in [-0.4, -0.2) is 38.3 Å². The van der Waals surface area contributed by atoms with Crippen molar-refractivity contribution in [3.8, 4) is 5.69 Å². The van der Waals surface area contributed by atoms with Crippen molar-refractivity contribution in [2.24, 2.45) is 0 Å². The molecule has 0 bridgehead atoms. The molecule has 1 heterocycles. The Bertz CT molecular complexity index is 470. The van der Waals surface area contributed by atoms with Gasteiger partial charge in [0.25, 0.3) is 0 Å². The SMILES string of the molecule is CSC(C)CCNc1nnnn1-c1ccccc1. The van der Waals surface area contributed by atoms with Crippen LogP contribution in [-0.2, 0) is 0 Å². The zero-order chi connectivity index (χ0) is 12.8. The molecule has 1 atom stereocenters. The van der Waals surface area contributed by atoms with Crippen LogP contribution < -0.4 is 5.32 Å². The van der Waals surface area contributed by atoms with Crippen molar-refractivity contribution < 1.29 is 0 Å². The highest BCUT2D eigenvalue weighted by molar-refractivity contribution is 7.99. The number of nitrogens with zero attached hydrogens (tertiary/aromatic N) is 4. The van der Waals surface area contributed by atoms with Gasteiger partial charge in [0, 0.05) is 11.8 Å². The van der Waals surface area contributed by atoms with Crippen LogP contribution in [0, 0.1) is 0 Å². The fourth-order valence-corrected chi connectivity index (χ4v) is 1.90. The molecule has 1 aromatic carbocycles. The predicted octanol–water partition coefficient (Wildman–Crippen LogP) is 2.22. The lowest BCUT2D eigenvalue weighted by atomic mass is 10.3. The molecule has 0 fully saturated rings. The normalized spacial score (nSPS) is 12.3. The molecule has 1 aromatic heterocycles. The molecule has 6 heteroatoms. The van der Waals surface area contributed by atoms with Crippen molar-refractivity contribution in [1.82, 2.24) is 20.2 Å². The Labute approximate surface area is 111 Å². The lowest BCUT2D eigenvalue weighted by Gasteiger charge is -2.09. The number of hydrogen-bond acceptors (Lipinski definition) is 5. The minimum Gasteiger partial charge on any atom is -0.353 e. The van der Waals surface area contributed by atoms with Gasteiger partial charge in [-0.1, -0.05) is 30.2 Å². The monoisotopic (exact) mass is 263 g/mol. The van der Waals surface area contributed by atoms with E-state index >= 15 is 0 Å².